The summed E-state index contributed by atoms with van der Waals surface area (Å²) < 4.78 is 45.7. The summed E-state index contributed by atoms with van der Waals surface area (Å²) in [5, 5.41) is 2.62. The summed E-state index contributed by atoms with van der Waals surface area (Å²) in [6.07, 6.45) is -3.22. The standard InChI is InChI=1S/C15H24N2O10P2/c1-8-6-17-13(16-14(8)18)9(7-29(21,22)23)10-11(27-28(3,19)20)12(15(17)26-10)25-5-4-24-2/h6,10-12,15H,4-5,7H2,1-3H3,(H,16,18)(H,19,20)(H2,21,22,23). The summed E-state index contributed by atoms with van der Waals surface area (Å²) in [5.41, 5.74) is 0.401. The minimum absolute atomic E-state index is 0.0583. The summed E-state index contributed by atoms with van der Waals surface area (Å²) in [7, 11) is -7.10. The number of rotatable bonds is 8. The number of ether oxygens (including phenoxy) is 3. The maximum absolute atomic E-state index is 12.2. The van der Waals surface area contributed by atoms with Crippen LogP contribution in [0.4, 0.5) is 0 Å². The summed E-state index contributed by atoms with van der Waals surface area (Å²) in [6.45, 7) is 2.93. The van der Waals surface area contributed by atoms with Crippen LogP contribution in [0.15, 0.2) is 23.2 Å². The normalized spacial score (nSPS) is 31.3. The van der Waals surface area contributed by atoms with E-state index in [1.807, 2.05) is 0 Å². The smallest absolute Gasteiger partial charge is 0.329 e. The molecule has 29 heavy (non-hydrogen) atoms. The Morgan fingerprint density at radius 2 is 1.93 bits per heavy atom. The third-order valence-electron chi connectivity index (χ3n) is 4.58. The zero-order valence-corrected chi connectivity index (χ0v) is 17.8. The molecule has 0 radical (unpaired) electrons. The van der Waals surface area contributed by atoms with Crippen molar-refractivity contribution in [2.45, 2.75) is 31.5 Å². The van der Waals surface area contributed by atoms with Crippen molar-refractivity contribution >= 4 is 21.1 Å². The fraction of sp³-hybridized carbons (Fsp3) is 0.667. The van der Waals surface area contributed by atoms with Gasteiger partial charge in [-0.15, -0.1) is 0 Å². The zero-order valence-electron chi connectivity index (χ0n) is 16.0. The van der Waals surface area contributed by atoms with E-state index in [2.05, 4.69) is 5.32 Å². The number of carbonyl (C=O) groups is 1. The summed E-state index contributed by atoms with van der Waals surface area (Å²) in [5.74, 6) is -0.279. The van der Waals surface area contributed by atoms with Crippen molar-refractivity contribution < 1.29 is 47.3 Å². The fourth-order valence-corrected chi connectivity index (χ4v) is 4.96. The molecular weight excluding hydrogens is 430 g/mol. The van der Waals surface area contributed by atoms with Crippen LogP contribution in [-0.2, 0) is 32.7 Å². The Balaban J connectivity index is 2.06. The van der Waals surface area contributed by atoms with Gasteiger partial charge in [-0.25, -0.2) is 0 Å². The van der Waals surface area contributed by atoms with Crippen LogP contribution < -0.4 is 5.32 Å². The molecule has 1 fully saturated rings. The van der Waals surface area contributed by atoms with Crippen molar-refractivity contribution in [1.29, 1.82) is 0 Å². The van der Waals surface area contributed by atoms with E-state index in [-0.39, 0.29) is 24.6 Å². The number of nitrogens with one attached hydrogen (secondary N) is 1. The number of nitrogens with zero attached hydrogens (tertiary/aromatic N) is 1. The number of hydrogen-bond donors (Lipinski definition) is 4. The number of hydrogen-bond acceptors (Lipinski definition) is 8. The van der Waals surface area contributed by atoms with Gasteiger partial charge in [0.05, 0.1) is 19.4 Å². The molecule has 3 aliphatic heterocycles. The molecule has 3 rings (SSSR count). The summed E-state index contributed by atoms with van der Waals surface area (Å²) in [6, 6.07) is 0. The minimum Gasteiger partial charge on any atom is -0.382 e. The van der Waals surface area contributed by atoms with E-state index in [4.69, 9.17) is 18.7 Å². The molecule has 14 heteroatoms. The second-order valence-corrected chi connectivity index (χ2v) is 10.5. The van der Waals surface area contributed by atoms with Gasteiger partial charge in [0.15, 0.2) is 6.23 Å². The van der Waals surface area contributed by atoms with Gasteiger partial charge in [0.25, 0.3) is 5.91 Å². The van der Waals surface area contributed by atoms with Gasteiger partial charge < -0.3 is 39.1 Å². The molecule has 4 N–H and O–H groups in total. The van der Waals surface area contributed by atoms with Crippen LogP contribution in [0.3, 0.4) is 0 Å². The maximum atomic E-state index is 12.2. The molecule has 0 saturated carbocycles. The monoisotopic (exact) mass is 454 g/mol. The van der Waals surface area contributed by atoms with E-state index in [0.717, 1.165) is 6.66 Å². The first-order valence-electron chi connectivity index (χ1n) is 8.71. The molecule has 164 valence electrons. The molecule has 5 atom stereocenters. The average molecular weight is 454 g/mol. The highest BCUT2D eigenvalue weighted by Gasteiger charge is 2.57. The maximum Gasteiger partial charge on any atom is 0.329 e. The molecule has 1 saturated heterocycles. The SMILES string of the molecule is COCCOC1C(OP(C)(=O)O)C2OC1N1C=C(C)C(=O)NC1=C2CP(=O)(O)O. The molecule has 1 amide bonds. The van der Waals surface area contributed by atoms with E-state index in [1.165, 1.54) is 18.2 Å². The average Bonchev–Trinajstić information content (AvgIpc) is 2.87. The van der Waals surface area contributed by atoms with E-state index in [1.54, 1.807) is 6.92 Å². The first kappa shape index (κ1) is 22.6. The topological polar surface area (TPSA) is 164 Å². The van der Waals surface area contributed by atoms with Crippen molar-refractivity contribution in [3.63, 3.8) is 0 Å². The van der Waals surface area contributed by atoms with Crippen LogP contribution >= 0.6 is 15.2 Å². The van der Waals surface area contributed by atoms with Crippen molar-refractivity contribution in [2.24, 2.45) is 0 Å². The van der Waals surface area contributed by atoms with Gasteiger partial charge in [0, 0.05) is 31.1 Å². The lowest BCUT2D eigenvalue weighted by molar-refractivity contribution is -0.122. The van der Waals surface area contributed by atoms with Crippen molar-refractivity contribution in [1.82, 2.24) is 10.2 Å². The lowest BCUT2D eigenvalue weighted by Gasteiger charge is -2.39. The first-order valence-corrected chi connectivity index (χ1v) is 12.5. The quantitative estimate of drug-likeness (QED) is 0.281. The largest absolute Gasteiger partial charge is 0.382 e. The molecule has 0 aliphatic carbocycles. The van der Waals surface area contributed by atoms with Gasteiger partial charge in [-0.1, -0.05) is 0 Å². The highest BCUT2D eigenvalue weighted by atomic mass is 31.2. The molecule has 0 aromatic carbocycles. The van der Waals surface area contributed by atoms with E-state index < -0.39 is 51.8 Å². The molecule has 5 unspecified atom stereocenters. The highest BCUT2D eigenvalue weighted by Crippen LogP contribution is 2.50. The number of carbonyl (C=O) groups excluding carboxylic acids is 1. The number of fused-ring (bicyclic) bond motifs is 4. The third kappa shape index (κ3) is 4.99. The number of amides is 1. The summed E-state index contributed by atoms with van der Waals surface area (Å²) in [4.78, 5) is 42.5. The van der Waals surface area contributed by atoms with Crippen LogP contribution in [0.5, 0.6) is 0 Å². The zero-order chi connectivity index (χ0) is 21.6. The van der Waals surface area contributed by atoms with Gasteiger partial charge >= 0.3 is 15.2 Å². The highest BCUT2D eigenvalue weighted by molar-refractivity contribution is 7.52. The Morgan fingerprint density at radius 3 is 2.52 bits per heavy atom. The predicted molar refractivity (Wildman–Crippen MR) is 98.6 cm³/mol. The van der Waals surface area contributed by atoms with Crippen LogP contribution in [0, 0.1) is 0 Å². The van der Waals surface area contributed by atoms with Gasteiger partial charge in [-0.2, -0.15) is 0 Å². The lowest BCUT2D eigenvalue weighted by atomic mass is 10.0. The van der Waals surface area contributed by atoms with Crippen LogP contribution in [0.2, 0.25) is 0 Å². The van der Waals surface area contributed by atoms with Crippen molar-refractivity contribution in [3.05, 3.63) is 23.2 Å². The van der Waals surface area contributed by atoms with Crippen LogP contribution in [0.1, 0.15) is 6.92 Å². The van der Waals surface area contributed by atoms with Crippen molar-refractivity contribution in [3.8, 4) is 0 Å². The Kier molecular flexibility index (Phi) is 6.41. The lowest BCUT2D eigenvalue weighted by Crippen LogP contribution is -2.50. The van der Waals surface area contributed by atoms with Crippen molar-refractivity contribution in [2.75, 3.05) is 33.2 Å². The Labute approximate surface area is 167 Å². The van der Waals surface area contributed by atoms with E-state index in [0.29, 0.717) is 5.57 Å². The third-order valence-corrected chi connectivity index (χ3v) is 5.97. The van der Waals surface area contributed by atoms with E-state index >= 15 is 0 Å². The van der Waals surface area contributed by atoms with Gasteiger partial charge in [-0.3, -0.25) is 18.4 Å². The molecule has 0 spiro atoms. The molecule has 0 aromatic heterocycles. The fourth-order valence-electron chi connectivity index (χ4n) is 3.50. The minimum atomic E-state index is -4.57. The summed E-state index contributed by atoms with van der Waals surface area (Å²) >= 11 is 0. The van der Waals surface area contributed by atoms with E-state index in [9.17, 15) is 28.6 Å². The Morgan fingerprint density at radius 1 is 1.24 bits per heavy atom. The molecule has 3 aliphatic rings. The second kappa shape index (κ2) is 8.22. The van der Waals surface area contributed by atoms with Gasteiger partial charge in [0.1, 0.15) is 24.1 Å². The molecule has 0 aromatic rings. The number of methoxy groups -OCH3 is 1. The molecular formula is C15H24N2O10P2. The predicted octanol–water partition coefficient (Wildman–Crippen LogP) is -0.318. The Bertz CT molecular complexity index is 831. The van der Waals surface area contributed by atoms with Gasteiger partial charge in [0.2, 0.25) is 0 Å². The van der Waals surface area contributed by atoms with Crippen LogP contribution in [-0.4, -0.2) is 83.2 Å². The Hall–Kier alpha value is -1.07. The second-order valence-electron chi connectivity index (χ2n) is 7.02. The molecule has 3 heterocycles. The van der Waals surface area contributed by atoms with Crippen LogP contribution in [0.25, 0.3) is 0 Å². The molecule has 2 bridgehead atoms. The molecule has 12 nitrogen and oxygen atoms in total. The van der Waals surface area contributed by atoms with Gasteiger partial charge in [-0.05, 0) is 6.92 Å². The first-order chi connectivity index (χ1) is 13.4.